The molecule has 3 aromatic rings. The molecule has 2 heterocycles. The maximum atomic E-state index is 13.8. The van der Waals surface area contributed by atoms with E-state index in [1.807, 2.05) is 49.4 Å². The molecule has 2 aliphatic heterocycles. The Morgan fingerprint density at radius 1 is 0.943 bits per heavy atom. The average molecular weight is 472 g/mol. The average Bonchev–Trinajstić information content (AvgIpc) is 3.36. The fourth-order valence-electron chi connectivity index (χ4n) is 4.68. The lowest BCUT2D eigenvalue weighted by Gasteiger charge is -2.29. The van der Waals surface area contributed by atoms with E-state index in [1.165, 1.54) is 11.8 Å². The van der Waals surface area contributed by atoms with Crippen LogP contribution in [0, 0.1) is 5.92 Å². The van der Waals surface area contributed by atoms with E-state index in [2.05, 4.69) is 5.32 Å². The number of nitrogens with one attached hydrogen (secondary N) is 1. The number of carbonyl (C=O) groups is 3. The van der Waals surface area contributed by atoms with Gasteiger partial charge >= 0.3 is 0 Å². The highest BCUT2D eigenvalue weighted by Crippen LogP contribution is 2.48. The molecule has 35 heavy (non-hydrogen) atoms. The molecule has 0 unspecified atom stereocenters. The van der Waals surface area contributed by atoms with Crippen LogP contribution in [0.2, 0.25) is 0 Å². The number of carbonyl (C=O) groups excluding carboxylic acids is 3. The molecular formula is C27H25N3O5. The standard InChI is InChI=1S/C27H25N3O5/c1-3-34-22-12-8-7-11-21(22)29-26(32)23-24(18-13-15-19(16-14-18)28-17(2)31)30(35-25(23)27(29)33)20-9-5-4-6-10-20/h4-16,23-25H,3H2,1-2H3,(H,28,31)/t23-,24-,25-/m1/s1. The highest BCUT2D eigenvalue weighted by molar-refractivity contribution is 6.24. The van der Waals surface area contributed by atoms with Gasteiger partial charge in [0.05, 0.1) is 24.0 Å². The predicted molar refractivity (Wildman–Crippen MR) is 131 cm³/mol. The fraction of sp³-hybridized carbons (Fsp3) is 0.222. The molecule has 8 nitrogen and oxygen atoms in total. The van der Waals surface area contributed by atoms with Crippen molar-refractivity contribution in [3.63, 3.8) is 0 Å². The summed E-state index contributed by atoms with van der Waals surface area (Å²) in [6.45, 7) is 3.69. The third-order valence-electron chi connectivity index (χ3n) is 6.10. The van der Waals surface area contributed by atoms with Gasteiger partial charge in [-0.15, -0.1) is 0 Å². The summed E-state index contributed by atoms with van der Waals surface area (Å²) in [7, 11) is 0. The quantitative estimate of drug-likeness (QED) is 0.545. The molecule has 0 aromatic heterocycles. The lowest BCUT2D eigenvalue weighted by molar-refractivity contribution is -0.126. The maximum Gasteiger partial charge on any atom is 0.266 e. The number of hydrogen-bond acceptors (Lipinski definition) is 6. The van der Waals surface area contributed by atoms with Gasteiger partial charge in [-0.3, -0.25) is 19.2 Å². The fourth-order valence-corrected chi connectivity index (χ4v) is 4.68. The minimum absolute atomic E-state index is 0.173. The number of fused-ring (bicyclic) bond motifs is 1. The zero-order valence-corrected chi connectivity index (χ0v) is 19.4. The Kier molecular flexibility index (Phi) is 5.96. The van der Waals surface area contributed by atoms with E-state index in [1.54, 1.807) is 41.5 Å². The molecule has 0 radical (unpaired) electrons. The maximum absolute atomic E-state index is 13.8. The highest BCUT2D eigenvalue weighted by Gasteiger charge is 2.60. The summed E-state index contributed by atoms with van der Waals surface area (Å²) in [5, 5.41) is 4.39. The zero-order chi connectivity index (χ0) is 24.5. The first kappa shape index (κ1) is 22.6. The van der Waals surface area contributed by atoms with Crippen LogP contribution in [-0.2, 0) is 19.2 Å². The number of ether oxygens (including phenoxy) is 1. The monoisotopic (exact) mass is 471 g/mol. The van der Waals surface area contributed by atoms with E-state index in [4.69, 9.17) is 9.57 Å². The van der Waals surface area contributed by atoms with E-state index < -0.39 is 24.0 Å². The first-order chi connectivity index (χ1) is 17.0. The van der Waals surface area contributed by atoms with E-state index >= 15 is 0 Å². The van der Waals surface area contributed by atoms with Crippen molar-refractivity contribution in [2.24, 2.45) is 5.92 Å². The zero-order valence-electron chi connectivity index (χ0n) is 19.4. The molecule has 3 amide bonds. The second-order valence-corrected chi connectivity index (χ2v) is 8.37. The van der Waals surface area contributed by atoms with Crippen molar-refractivity contribution >= 4 is 34.8 Å². The van der Waals surface area contributed by atoms with Crippen molar-refractivity contribution in [3.8, 4) is 5.75 Å². The van der Waals surface area contributed by atoms with Crippen molar-refractivity contribution in [1.29, 1.82) is 0 Å². The second kappa shape index (κ2) is 9.23. The van der Waals surface area contributed by atoms with E-state index in [0.717, 1.165) is 11.3 Å². The Hall–Kier alpha value is -4.17. The Morgan fingerprint density at radius 2 is 1.63 bits per heavy atom. The lowest BCUT2D eigenvalue weighted by Crippen LogP contribution is -2.37. The van der Waals surface area contributed by atoms with Crippen molar-refractivity contribution in [2.75, 3.05) is 21.9 Å². The van der Waals surface area contributed by atoms with Gasteiger partial charge in [0, 0.05) is 12.6 Å². The number of hydroxylamine groups is 1. The molecule has 5 rings (SSSR count). The van der Waals surface area contributed by atoms with Crippen molar-refractivity contribution < 1.29 is 24.0 Å². The van der Waals surface area contributed by atoms with Gasteiger partial charge in [0.2, 0.25) is 11.8 Å². The second-order valence-electron chi connectivity index (χ2n) is 8.37. The number of nitrogens with zero attached hydrogens (tertiary/aromatic N) is 2. The van der Waals surface area contributed by atoms with Crippen molar-refractivity contribution in [1.82, 2.24) is 0 Å². The molecule has 0 bridgehead atoms. The topological polar surface area (TPSA) is 88.2 Å². The molecule has 178 valence electrons. The Balaban J connectivity index is 1.55. The van der Waals surface area contributed by atoms with Crippen LogP contribution in [0.25, 0.3) is 0 Å². The molecule has 0 aliphatic carbocycles. The number of hydrogen-bond donors (Lipinski definition) is 1. The molecule has 3 aromatic carbocycles. The third-order valence-corrected chi connectivity index (χ3v) is 6.10. The molecule has 2 saturated heterocycles. The van der Waals surface area contributed by atoms with E-state index in [-0.39, 0.29) is 11.8 Å². The summed E-state index contributed by atoms with van der Waals surface area (Å²) >= 11 is 0. The number of anilines is 3. The summed E-state index contributed by atoms with van der Waals surface area (Å²) in [5.41, 5.74) is 2.58. The SMILES string of the molecule is CCOc1ccccc1N1C(=O)[C@@H]2[C@@H](c3ccc(NC(C)=O)cc3)N(c3ccccc3)O[C@H]2C1=O. The van der Waals surface area contributed by atoms with Crippen molar-refractivity contribution in [2.45, 2.75) is 26.0 Å². The first-order valence-corrected chi connectivity index (χ1v) is 11.5. The summed E-state index contributed by atoms with van der Waals surface area (Å²) in [6.07, 6.45) is -0.975. The molecule has 0 saturated carbocycles. The van der Waals surface area contributed by atoms with Crippen LogP contribution in [-0.4, -0.2) is 30.4 Å². The number of benzene rings is 3. The third kappa shape index (κ3) is 4.02. The minimum atomic E-state index is -0.975. The summed E-state index contributed by atoms with van der Waals surface area (Å²) in [4.78, 5) is 46.1. The van der Waals surface area contributed by atoms with Gasteiger partial charge in [0.25, 0.3) is 5.91 Å². The molecule has 1 N–H and O–H groups in total. The molecule has 8 heteroatoms. The van der Waals surface area contributed by atoms with Gasteiger partial charge < -0.3 is 10.1 Å². The Bertz CT molecular complexity index is 1260. The molecule has 0 spiro atoms. The number of para-hydroxylation sites is 3. The van der Waals surface area contributed by atoms with E-state index in [9.17, 15) is 14.4 Å². The van der Waals surface area contributed by atoms with Crippen LogP contribution in [0.5, 0.6) is 5.75 Å². The largest absolute Gasteiger partial charge is 0.492 e. The van der Waals surface area contributed by atoms with Crippen LogP contribution in [0.1, 0.15) is 25.5 Å². The first-order valence-electron chi connectivity index (χ1n) is 11.5. The van der Waals surface area contributed by atoms with E-state index in [0.29, 0.717) is 23.7 Å². The van der Waals surface area contributed by atoms with Crippen LogP contribution in [0.15, 0.2) is 78.9 Å². The summed E-state index contributed by atoms with van der Waals surface area (Å²) < 4.78 is 5.68. The summed E-state index contributed by atoms with van der Waals surface area (Å²) in [5.74, 6) is -1.24. The van der Waals surface area contributed by atoms with Gasteiger partial charge in [0.15, 0.2) is 6.10 Å². The van der Waals surface area contributed by atoms with Crippen LogP contribution < -0.4 is 20.0 Å². The summed E-state index contributed by atoms with van der Waals surface area (Å²) in [6, 6.07) is 23.1. The minimum Gasteiger partial charge on any atom is -0.492 e. The van der Waals surface area contributed by atoms with Crippen LogP contribution in [0.4, 0.5) is 17.1 Å². The van der Waals surface area contributed by atoms with Crippen LogP contribution >= 0.6 is 0 Å². The van der Waals surface area contributed by atoms with Gasteiger partial charge in [-0.1, -0.05) is 42.5 Å². The molecule has 3 atom stereocenters. The Morgan fingerprint density at radius 3 is 2.31 bits per heavy atom. The van der Waals surface area contributed by atoms with Gasteiger partial charge in [-0.05, 0) is 48.9 Å². The predicted octanol–water partition coefficient (Wildman–Crippen LogP) is 4.09. The smallest absolute Gasteiger partial charge is 0.266 e. The number of rotatable bonds is 6. The van der Waals surface area contributed by atoms with Gasteiger partial charge in [-0.2, -0.15) is 0 Å². The number of imide groups is 1. The van der Waals surface area contributed by atoms with Crippen molar-refractivity contribution in [3.05, 3.63) is 84.4 Å². The Labute approximate surface area is 203 Å². The normalized spacial score (nSPS) is 21.3. The lowest BCUT2D eigenvalue weighted by atomic mass is 9.90. The molecule has 2 aliphatic rings. The highest BCUT2D eigenvalue weighted by atomic mass is 16.7. The molecule has 2 fully saturated rings. The number of amides is 3. The molecular weight excluding hydrogens is 446 g/mol. The van der Waals surface area contributed by atoms with Crippen LogP contribution in [0.3, 0.4) is 0 Å². The van der Waals surface area contributed by atoms with Gasteiger partial charge in [0.1, 0.15) is 11.7 Å². The van der Waals surface area contributed by atoms with Gasteiger partial charge in [-0.25, -0.2) is 9.96 Å².